The number of benzene rings is 1. The standard InChI is InChI=1S/C15H18BrN3O/c1-4-19-8-11(17)7-13(19)15(20)18-12-5-9(2)14(16)10(3)6-12/h5-8H,4,17H2,1-3H3,(H,18,20). The summed E-state index contributed by atoms with van der Waals surface area (Å²) in [7, 11) is 0. The van der Waals surface area contributed by atoms with Crippen LogP contribution in [0.2, 0.25) is 0 Å². The van der Waals surface area contributed by atoms with Gasteiger partial charge in [0.15, 0.2) is 0 Å². The van der Waals surface area contributed by atoms with Crippen molar-refractivity contribution < 1.29 is 4.79 Å². The van der Waals surface area contributed by atoms with Gasteiger partial charge in [0.05, 0.1) is 5.69 Å². The van der Waals surface area contributed by atoms with Crippen molar-refractivity contribution in [1.82, 2.24) is 4.57 Å². The first kappa shape index (κ1) is 14.7. The molecule has 0 aliphatic rings. The number of nitrogens with one attached hydrogen (secondary N) is 1. The molecular formula is C15H18BrN3O. The highest BCUT2D eigenvalue weighted by molar-refractivity contribution is 9.10. The summed E-state index contributed by atoms with van der Waals surface area (Å²) in [6.07, 6.45) is 1.77. The van der Waals surface area contributed by atoms with Gasteiger partial charge in [-0.25, -0.2) is 0 Å². The first-order valence-corrected chi connectivity index (χ1v) is 7.25. The Morgan fingerprint density at radius 3 is 2.45 bits per heavy atom. The minimum absolute atomic E-state index is 0.148. The van der Waals surface area contributed by atoms with Crippen LogP contribution in [0.15, 0.2) is 28.9 Å². The lowest BCUT2D eigenvalue weighted by molar-refractivity contribution is 0.101. The molecule has 2 rings (SSSR count). The number of nitrogens with zero attached hydrogens (tertiary/aromatic N) is 1. The van der Waals surface area contributed by atoms with Gasteiger partial charge in [0.2, 0.25) is 0 Å². The minimum Gasteiger partial charge on any atom is -0.397 e. The maximum Gasteiger partial charge on any atom is 0.272 e. The topological polar surface area (TPSA) is 60.0 Å². The molecule has 20 heavy (non-hydrogen) atoms. The van der Waals surface area contributed by atoms with E-state index in [0.29, 0.717) is 17.9 Å². The second kappa shape index (κ2) is 5.71. The van der Waals surface area contributed by atoms with Crippen LogP contribution < -0.4 is 11.1 Å². The van der Waals surface area contributed by atoms with Crippen molar-refractivity contribution in [2.24, 2.45) is 0 Å². The fraction of sp³-hybridized carbons (Fsp3) is 0.267. The lowest BCUT2D eigenvalue weighted by Gasteiger charge is -2.10. The van der Waals surface area contributed by atoms with Gasteiger partial charge in [0, 0.05) is 22.9 Å². The Morgan fingerprint density at radius 2 is 1.90 bits per heavy atom. The molecule has 0 spiro atoms. The van der Waals surface area contributed by atoms with E-state index in [9.17, 15) is 4.79 Å². The summed E-state index contributed by atoms with van der Waals surface area (Å²) in [5.74, 6) is -0.148. The highest BCUT2D eigenvalue weighted by Gasteiger charge is 2.13. The van der Waals surface area contributed by atoms with Crippen molar-refractivity contribution in [2.45, 2.75) is 27.3 Å². The molecule has 2 aromatic rings. The number of aryl methyl sites for hydroxylation is 3. The van der Waals surface area contributed by atoms with E-state index < -0.39 is 0 Å². The summed E-state index contributed by atoms with van der Waals surface area (Å²) in [6, 6.07) is 5.58. The predicted octanol–water partition coefficient (Wildman–Crippen LogP) is 3.72. The van der Waals surface area contributed by atoms with E-state index in [1.54, 1.807) is 12.3 Å². The van der Waals surface area contributed by atoms with Crippen LogP contribution in [-0.2, 0) is 6.54 Å². The zero-order valence-corrected chi connectivity index (χ0v) is 13.4. The van der Waals surface area contributed by atoms with E-state index in [0.717, 1.165) is 21.3 Å². The van der Waals surface area contributed by atoms with Crippen LogP contribution in [-0.4, -0.2) is 10.5 Å². The van der Waals surface area contributed by atoms with Crippen LogP contribution in [0.1, 0.15) is 28.5 Å². The normalized spacial score (nSPS) is 10.6. The smallest absolute Gasteiger partial charge is 0.272 e. The fourth-order valence-corrected chi connectivity index (χ4v) is 2.43. The van der Waals surface area contributed by atoms with E-state index in [1.165, 1.54) is 0 Å². The number of aromatic nitrogens is 1. The third-order valence-corrected chi connectivity index (χ3v) is 4.44. The van der Waals surface area contributed by atoms with Crippen LogP contribution in [0.5, 0.6) is 0 Å². The zero-order valence-electron chi connectivity index (χ0n) is 11.8. The van der Waals surface area contributed by atoms with Crippen LogP contribution >= 0.6 is 15.9 Å². The molecule has 0 aliphatic carbocycles. The molecule has 3 N–H and O–H groups in total. The zero-order chi connectivity index (χ0) is 14.9. The Morgan fingerprint density at radius 1 is 1.30 bits per heavy atom. The third kappa shape index (κ3) is 2.88. The van der Waals surface area contributed by atoms with E-state index in [-0.39, 0.29) is 5.91 Å². The molecule has 0 radical (unpaired) electrons. The Bertz CT molecular complexity index is 638. The minimum atomic E-state index is -0.148. The Balaban J connectivity index is 2.28. The number of nitrogen functional groups attached to an aromatic ring is 1. The maximum absolute atomic E-state index is 12.3. The summed E-state index contributed by atoms with van der Waals surface area (Å²) < 4.78 is 2.90. The van der Waals surface area contributed by atoms with Crippen molar-refractivity contribution in [2.75, 3.05) is 11.1 Å². The average Bonchev–Trinajstić information content (AvgIpc) is 2.77. The molecule has 4 nitrogen and oxygen atoms in total. The molecular weight excluding hydrogens is 318 g/mol. The van der Waals surface area contributed by atoms with Crippen LogP contribution in [0.4, 0.5) is 11.4 Å². The third-order valence-electron chi connectivity index (χ3n) is 3.19. The van der Waals surface area contributed by atoms with Gasteiger partial charge in [-0.3, -0.25) is 4.79 Å². The monoisotopic (exact) mass is 335 g/mol. The van der Waals surface area contributed by atoms with Crippen molar-refractivity contribution >= 4 is 33.2 Å². The van der Waals surface area contributed by atoms with Gasteiger partial charge in [-0.05, 0) is 50.1 Å². The van der Waals surface area contributed by atoms with Gasteiger partial charge in [0.1, 0.15) is 5.69 Å². The van der Waals surface area contributed by atoms with Crippen LogP contribution in [0.3, 0.4) is 0 Å². The molecule has 0 saturated carbocycles. The molecule has 0 bridgehead atoms. The maximum atomic E-state index is 12.3. The van der Waals surface area contributed by atoms with Crippen molar-refractivity contribution in [3.05, 3.63) is 45.7 Å². The first-order valence-electron chi connectivity index (χ1n) is 6.46. The largest absolute Gasteiger partial charge is 0.397 e. The number of anilines is 2. The Labute approximate surface area is 127 Å². The number of nitrogens with two attached hydrogens (primary N) is 1. The summed E-state index contributed by atoms with van der Waals surface area (Å²) in [5.41, 5.74) is 9.88. The van der Waals surface area contributed by atoms with Gasteiger partial charge in [-0.15, -0.1) is 0 Å². The van der Waals surface area contributed by atoms with Crippen molar-refractivity contribution in [3.63, 3.8) is 0 Å². The molecule has 1 heterocycles. The number of rotatable bonds is 3. The molecule has 0 fully saturated rings. The average molecular weight is 336 g/mol. The van der Waals surface area contributed by atoms with Gasteiger partial charge in [-0.2, -0.15) is 0 Å². The first-order chi connectivity index (χ1) is 9.42. The van der Waals surface area contributed by atoms with E-state index in [2.05, 4.69) is 21.2 Å². The van der Waals surface area contributed by atoms with Gasteiger partial charge in [0.25, 0.3) is 5.91 Å². The number of carbonyl (C=O) groups is 1. The number of hydrogen-bond acceptors (Lipinski definition) is 2. The van der Waals surface area contributed by atoms with Crippen molar-refractivity contribution in [1.29, 1.82) is 0 Å². The summed E-state index contributed by atoms with van der Waals surface area (Å²) in [4.78, 5) is 12.3. The summed E-state index contributed by atoms with van der Waals surface area (Å²) in [5, 5.41) is 2.92. The van der Waals surface area contributed by atoms with Crippen molar-refractivity contribution in [3.8, 4) is 0 Å². The van der Waals surface area contributed by atoms with E-state index >= 15 is 0 Å². The number of amides is 1. The van der Waals surface area contributed by atoms with Crippen LogP contribution in [0.25, 0.3) is 0 Å². The lowest BCUT2D eigenvalue weighted by Crippen LogP contribution is -2.16. The highest BCUT2D eigenvalue weighted by Crippen LogP contribution is 2.25. The molecule has 0 aliphatic heterocycles. The number of halogens is 1. The SMILES string of the molecule is CCn1cc(N)cc1C(=O)Nc1cc(C)c(Br)c(C)c1. The van der Waals surface area contributed by atoms with E-state index in [4.69, 9.17) is 5.73 Å². The van der Waals surface area contributed by atoms with Gasteiger partial charge < -0.3 is 15.6 Å². The summed E-state index contributed by atoms with van der Waals surface area (Å²) in [6.45, 7) is 6.68. The molecule has 0 unspecified atom stereocenters. The number of hydrogen-bond donors (Lipinski definition) is 2. The van der Waals surface area contributed by atoms with Gasteiger partial charge in [-0.1, -0.05) is 15.9 Å². The second-order valence-corrected chi connectivity index (χ2v) is 5.62. The Hall–Kier alpha value is -1.75. The molecule has 1 aromatic carbocycles. The molecule has 0 saturated heterocycles. The van der Waals surface area contributed by atoms with Gasteiger partial charge >= 0.3 is 0 Å². The highest BCUT2D eigenvalue weighted by atomic mass is 79.9. The lowest BCUT2D eigenvalue weighted by atomic mass is 10.1. The van der Waals surface area contributed by atoms with E-state index in [1.807, 2.05) is 37.5 Å². The second-order valence-electron chi connectivity index (χ2n) is 4.82. The predicted molar refractivity (Wildman–Crippen MR) is 86.1 cm³/mol. The molecule has 0 atom stereocenters. The quantitative estimate of drug-likeness (QED) is 0.897. The molecule has 106 valence electrons. The summed E-state index contributed by atoms with van der Waals surface area (Å²) >= 11 is 3.52. The Kier molecular flexibility index (Phi) is 4.18. The fourth-order valence-electron chi connectivity index (χ4n) is 2.20. The van der Waals surface area contributed by atoms with Crippen LogP contribution in [0, 0.1) is 13.8 Å². The molecule has 1 aromatic heterocycles. The number of carbonyl (C=O) groups excluding carboxylic acids is 1. The molecule has 5 heteroatoms. The molecule has 1 amide bonds.